The Bertz CT molecular complexity index is 2230. The van der Waals surface area contributed by atoms with E-state index < -0.39 is 17.1 Å². The van der Waals surface area contributed by atoms with E-state index in [1.165, 1.54) is 7.11 Å². The van der Waals surface area contributed by atoms with E-state index in [2.05, 4.69) is 59.8 Å². The minimum atomic E-state index is -1.36. The number of hydrogen-bond acceptors (Lipinski definition) is 8. The molecule has 0 bridgehead atoms. The zero-order valence-corrected chi connectivity index (χ0v) is 30.8. The number of imidazole rings is 1. The van der Waals surface area contributed by atoms with Crippen molar-refractivity contribution in [2.45, 2.75) is 38.0 Å². The molecule has 54 heavy (non-hydrogen) atoms. The zero-order valence-electron chi connectivity index (χ0n) is 30.8. The second-order valence-corrected chi connectivity index (χ2v) is 13.6. The molecule has 0 atom stereocenters. The largest absolute Gasteiger partial charge is 0.464 e. The van der Waals surface area contributed by atoms with Crippen LogP contribution in [0.15, 0.2) is 140 Å². The molecular weight excluding hydrogens is 677 g/mol. The highest BCUT2D eigenvalue weighted by Gasteiger charge is 2.42. The predicted octanol–water partition coefficient (Wildman–Crippen LogP) is 7.30. The highest BCUT2D eigenvalue weighted by molar-refractivity contribution is 5.89. The van der Waals surface area contributed by atoms with Gasteiger partial charge in [0.15, 0.2) is 11.5 Å². The molecule has 1 N–H and O–H groups in total. The van der Waals surface area contributed by atoms with Crippen LogP contribution >= 0.6 is 0 Å². The minimum Gasteiger partial charge on any atom is -0.464 e. The van der Waals surface area contributed by atoms with Gasteiger partial charge >= 0.3 is 5.97 Å². The van der Waals surface area contributed by atoms with Crippen molar-refractivity contribution in [1.29, 1.82) is 0 Å². The molecule has 0 spiro atoms. The van der Waals surface area contributed by atoms with Crippen LogP contribution in [0.5, 0.6) is 0 Å². The lowest BCUT2D eigenvalue weighted by Gasteiger charge is -2.36. The number of hydrogen-bond donors (Lipinski definition) is 1. The van der Waals surface area contributed by atoms with Crippen LogP contribution in [0.3, 0.4) is 0 Å². The maximum atomic E-state index is 13.1. The Labute approximate surface area is 314 Å². The first kappa shape index (κ1) is 36.1. The maximum Gasteiger partial charge on any atom is 0.356 e. The normalized spacial score (nSPS) is 11.8. The molecule has 272 valence electrons. The molecule has 0 saturated carbocycles. The summed E-state index contributed by atoms with van der Waals surface area (Å²) < 4.78 is 14.2. The van der Waals surface area contributed by atoms with Gasteiger partial charge in [0.1, 0.15) is 22.7 Å². The second kappa shape index (κ2) is 15.4. The van der Waals surface area contributed by atoms with Crippen LogP contribution in [-0.4, -0.2) is 61.7 Å². The van der Waals surface area contributed by atoms with E-state index in [-0.39, 0.29) is 11.4 Å². The van der Waals surface area contributed by atoms with Crippen molar-refractivity contribution in [2.75, 3.05) is 20.8 Å². The van der Waals surface area contributed by atoms with Gasteiger partial charge in [0.2, 0.25) is 0 Å². The van der Waals surface area contributed by atoms with Crippen LogP contribution < -0.4 is 0 Å². The van der Waals surface area contributed by atoms with Crippen molar-refractivity contribution in [3.05, 3.63) is 179 Å². The van der Waals surface area contributed by atoms with Crippen molar-refractivity contribution < 1.29 is 19.4 Å². The number of ether oxygens (including phenoxy) is 2. The third-order valence-electron chi connectivity index (χ3n) is 9.67. The summed E-state index contributed by atoms with van der Waals surface area (Å²) in [6.45, 7) is 3.95. The number of benzene rings is 5. The molecule has 2 aromatic heterocycles. The lowest BCUT2D eigenvalue weighted by molar-refractivity contribution is 0.0532. The van der Waals surface area contributed by atoms with Gasteiger partial charge in [0, 0.05) is 25.6 Å². The Morgan fingerprint density at radius 1 is 0.722 bits per heavy atom. The van der Waals surface area contributed by atoms with Gasteiger partial charge in [-0.1, -0.05) is 140 Å². The Balaban J connectivity index is 1.33. The van der Waals surface area contributed by atoms with Gasteiger partial charge in [0.05, 0.1) is 13.7 Å². The van der Waals surface area contributed by atoms with Crippen molar-refractivity contribution >= 4 is 5.97 Å². The average molecular weight is 719 g/mol. The molecule has 0 aliphatic rings. The van der Waals surface area contributed by atoms with Crippen LogP contribution in [0.25, 0.3) is 22.5 Å². The van der Waals surface area contributed by atoms with Crippen LogP contribution in [0.1, 0.15) is 58.1 Å². The molecular formula is C44H42N6O4. The Morgan fingerprint density at radius 2 is 1.26 bits per heavy atom. The van der Waals surface area contributed by atoms with Crippen molar-refractivity contribution in [3.8, 4) is 22.5 Å². The molecule has 7 aromatic rings. The SMILES string of the molecule is COCCc1nc(C(C)(C)O)c(C(=O)OC)n1Cc1ccc(-c2ccccc2-c2nnnn2C(c2ccccc2)(c2ccccc2)c2ccccc2)cc1. The number of tetrazole rings is 1. The van der Waals surface area contributed by atoms with E-state index in [4.69, 9.17) is 24.8 Å². The van der Waals surface area contributed by atoms with Crippen LogP contribution in [0, 0.1) is 0 Å². The minimum absolute atomic E-state index is 0.219. The van der Waals surface area contributed by atoms with Gasteiger partial charge in [-0.3, -0.25) is 0 Å². The van der Waals surface area contributed by atoms with Crippen LogP contribution in [0.4, 0.5) is 0 Å². The standard InChI is InChI=1S/C44H42N6O4/c1-43(2,52)40-39(42(51)54-4)49(38(45-40)28-29-53-3)30-31-24-26-32(27-25-31)36-22-14-15-23-37(36)41-46-47-48-50(41)44(33-16-8-5-9-17-33,34-18-10-6-11-19-34)35-20-12-7-13-21-35/h5-27,52H,28-30H2,1-4H3. The highest BCUT2D eigenvalue weighted by atomic mass is 16.5. The van der Waals surface area contributed by atoms with Gasteiger partial charge in [-0.05, 0) is 57.7 Å². The van der Waals surface area contributed by atoms with Crippen molar-refractivity contribution in [2.24, 2.45) is 0 Å². The molecule has 5 aromatic carbocycles. The summed E-state index contributed by atoms with van der Waals surface area (Å²) in [4.78, 5) is 17.8. The fourth-order valence-electron chi connectivity index (χ4n) is 7.17. The number of nitrogens with zero attached hydrogens (tertiary/aromatic N) is 6. The number of rotatable bonds is 13. The lowest BCUT2D eigenvalue weighted by Crippen LogP contribution is -2.39. The second-order valence-electron chi connectivity index (χ2n) is 13.6. The third-order valence-corrected chi connectivity index (χ3v) is 9.67. The Morgan fingerprint density at radius 3 is 1.78 bits per heavy atom. The molecule has 0 fully saturated rings. The zero-order chi connectivity index (χ0) is 37.7. The van der Waals surface area contributed by atoms with Crippen molar-refractivity contribution in [3.63, 3.8) is 0 Å². The molecule has 10 heteroatoms. The summed E-state index contributed by atoms with van der Waals surface area (Å²) in [7, 11) is 2.94. The molecule has 0 unspecified atom stereocenters. The van der Waals surface area contributed by atoms with Crippen molar-refractivity contribution in [1.82, 2.24) is 29.8 Å². The molecule has 0 radical (unpaired) electrons. The Hall–Kier alpha value is -6.23. The topological polar surface area (TPSA) is 117 Å². The molecule has 0 amide bonds. The average Bonchev–Trinajstić information content (AvgIpc) is 3.84. The summed E-state index contributed by atoms with van der Waals surface area (Å²) in [5.41, 5.74) is 4.97. The number of carbonyl (C=O) groups is 1. The summed E-state index contributed by atoms with van der Waals surface area (Å²) in [6.07, 6.45) is 0.452. The van der Waals surface area contributed by atoms with Gasteiger partial charge in [-0.25, -0.2) is 14.5 Å². The molecule has 0 saturated heterocycles. The van der Waals surface area contributed by atoms with E-state index in [9.17, 15) is 9.90 Å². The number of aromatic nitrogens is 6. The third kappa shape index (κ3) is 6.73. The quantitative estimate of drug-likeness (QED) is 0.0976. The molecule has 2 heterocycles. The fourth-order valence-corrected chi connectivity index (χ4v) is 7.17. The van der Waals surface area contributed by atoms with Gasteiger partial charge in [-0.15, -0.1) is 5.10 Å². The first-order chi connectivity index (χ1) is 26.3. The number of carbonyl (C=O) groups excluding carboxylic acids is 1. The number of esters is 1. The molecule has 0 aliphatic carbocycles. The van der Waals surface area contributed by atoms with E-state index in [0.29, 0.717) is 31.2 Å². The molecule has 10 nitrogen and oxygen atoms in total. The number of methoxy groups -OCH3 is 2. The van der Waals surface area contributed by atoms with Gasteiger partial charge in [-0.2, -0.15) is 0 Å². The van der Waals surface area contributed by atoms with E-state index in [1.807, 2.05) is 94.2 Å². The first-order valence-corrected chi connectivity index (χ1v) is 17.8. The van der Waals surface area contributed by atoms with Gasteiger partial charge < -0.3 is 19.1 Å². The smallest absolute Gasteiger partial charge is 0.356 e. The Kier molecular flexibility index (Phi) is 10.3. The summed E-state index contributed by atoms with van der Waals surface area (Å²) in [5.74, 6) is 0.660. The lowest BCUT2D eigenvalue weighted by atomic mass is 9.77. The summed E-state index contributed by atoms with van der Waals surface area (Å²) in [5, 5.41) is 24.7. The number of aliphatic hydroxyl groups is 1. The van der Waals surface area contributed by atoms with Gasteiger partial charge in [0.25, 0.3) is 0 Å². The van der Waals surface area contributed by atoms with E-state index in [0.717, 1.165) is 38.9 Å². The van der Waals surface area contributed by atoms with E-state index >= 15 is 0 Å². The predicted molar refractivity (Wildman–Crippen MR) is 207 cm³/mol. The fraction of sp³-hybridized carbons (Fsp3) is 0.205. The summed E-state index contributed by atoms with van der Waals surface area (Å²) in [6, 6.07) is 47.3. The summed E-state index contributed by atoms with van der Waals surface area (Å²) >= 11 is 0. The monoisotopic (exact) mass is 718 g/mol. The van der Waals surface area contributed by atoms with E-state index in [1.54, 1.807) is 21.0 Å². The highest BCUT2D eigenvalue weighted by Crippen LogP contribution is 2.43. The van der Waals surface area contributed by atoms with Crippen LogP contribution in [0.2, 0.25) is 0 Å². The molecule has 0 aliphatic heterocycles. The first-order valence-electron chi connectivity index (χ1n) is 17.8. The van der Waals surface area contributed by atoms with Crippen LogP contribution in [-0.2, 0) is 33.6 Å². The molecule has 7 rings (SSSR count). The maximum absolute atomic E-state index is 13.1.